The predicted molar refractivity (Wildman–Crippen MR) is 107 cm³/mol. The van der Waals surface area contributed by atoms with E-state index in [1.807, 2.05) is 6.07 Å². The van der Waals surface area contributed by atoms with Crippen molar-refractivity contribution >= 4 is 33.7 Å². The van der Waals surface area contributed by atoms with Crippen LogP contribution in [0.25, 0.3) is 11.3 Å². The number of nitro groups is 1. The molecule has 0 saturated heterocycles. The summed E-state index contributed by atoms with van der Waals surface area (Å²) in [5.41, 5.74) is 3.01. The van der Waals surface area contributed by atoms with Crippen LogP contribution in [0, 0.1) is 10.1 Å². The van der Waals surface area contributed by atoms with E-state index in [9.17, 15) is 14.9 Å². The molecular formula is C19H14BrN3O5. The fraction of sp³-hybridized carbons (Fsp3) is 0.0526. The topological polar surface area (TPSA) is 107 Å². The molecule has 0 aliphatic heterocycles. The van der Waals surface area contributed by atoms with Crippen LogP contribution in [0.5, 0.6) is 5.75 Å². The van der Waals surface area contributed by atoms with Crippen molar-refractivity contribution in [2.45, 2.75) is 0 Å². The molecule has 1 amide bonds. The Labute approximate surface area is 168 Å². The average molecular weight is 444 g/mol. The van der Waals surface area contributed by atoms with Gasteiger partial charge in [0.25, 0.3) is 11.6 Å². The molecule has 0 aliphatic rings. The van der Waals surface area contributed by atoms with E-state index in [1.165, 1.54) is 19.4 Å². The molecule has 8 nitrogen and oxygen atoms in total. The van der Waals surface area contributed by atoms with Crippen LogP contribution in [0.4, 0.5) is 5.69 Å². The standard InChI is InChI=1S/C19H14BrN3O5/c1-27-14-5-7-16(17(10-14)23(25)26)18-8-6-15(28-18)11-21-22-19(24)12-3-2-4-13(20)9-12/h2-11H,1H3,(H,22,24)/b21-11+. The molecule has 0 fully saturated rings. The Morgan fingerprint density at radius 3 is 2.79 bits per heavy atom. The number of hydrogen-bond donors (Lipinski definition) is 1. The molecule has 1 heterocycles. The number of amides is 1. The molecule has 9 heteroatoms. The number of methoxy groups -OCH3 is 1. The third-order valence-corrected chi connectivity index (χ3v) is 4.23. The number of nitrogens with one attached hydrogen (secondary N) is 1. The number of carbonyl (C=O) groups excluding carboxylic acids is 1. The molecule has 0 saturated carbocycles. The molecule has 3 aromatic rings. The quantitative estimate of drug-likeness (QED) is 0.345. The number of rotatable bonds is 6. The number of benzene rings is 2. The van der Waals surface area contributed by atoms with Crippen molar-refractivity contribution in [1.82, 2.24) is 5.43 Å². The van der Waals surface area contributed by atoms with Crippen LogP contribution in [-0.4, -0.2) is 24.2 Å². The van der Waals surface area contributed by atoms with Crippen LogP contribution in [0.2, 0.25) is 0 Å². The maximum Gasteiger partial charge on any atom is 0.284 e. The number of hydrogen-bond acceptors (Lipinski definition) is 6. The van der Waals surface area contributed by atoms with Gasteiger partial charge in [0, 0.05) is 10.0 Å². The van der Waals surface area contributed by atoms with E-state index in [1.54, 1.807) is 42.5 Å². The molecule has 142 valence electrons. The van der Waals surface area contributed by atoms with Gasteiger partial charge in [-0.05, 0) is 42.5 Å². The second-order valence-electron chi connectivity index (χ2n) is 5.55. The number of nitro benzene ring substituents is 1. The molecule has 2 aromatic carbocycles. The molecule has 1 N–H and O–H groups in total. The Balaban J connectivity index is 1.75. The number of ether oxygens (including phenoxy) is 1. The van der Waals surface area contributed by atoms with Gasteiger partial charge < -0.3 is 9.15 Å². The van der Waals surface area contributed by atoms with E-state index in [2.05, 4.69) is 26.5 Å². The molecular weight excluding hydrogens is 430 g/mol. The van der Waals surface area contributed by atoms with Crippen molar-refractivity contribution in [3.63, 3.8) is 0 Å². The van der Waals surface area contributed by atoms with Gasteiger partial charge >= 0.3 is 0 Å². The first-order chi connectivity index (χ1) is 13.5. The lowest BCUT2D eigenvalue weighted by molar-refractivity contribution is -0.384. The van der Waals surface area contributed by atoms with Crippen LogP contribution in [0.3, 0.4) is 0 Å². The molecule has 0 aliphatic carbocycles. The number of hydrazone groups is 1. The molecule has 0 radical (unpaired) electrons. The summed E-state index contributed by atoms with van der Waals surface area (Å²) in [5, 5.41) is 15.2. The molecule has 0 atom stereocenters. The normalized spacial score (nSPS) is 10.8. The molecule has 3 rings (SSSR count). The fourth-order valence-corrected chi connectivity index (χ4v) is 2.81. The molecule has 1 aromatic heterocycles. The smallest absolute Gasteiger partial charge is 0.284 e. The SMILES string of the molecule is COc1ccc(-c2ccc(/C=N/NC(=O)c3cccc(Br)c3)o2)c([N+](=O)[O-])c1. The average Bonchev–Trinajstić information content (AvgIpc) is 3.16. The van der Waals surface area contributed by atoms with Gasteiger partial charge in [0.1, 0.15) is 17.3 Å². The third-order valence-electron chi connectivity index (χ3n) is 3.74. The van der Waals surface area contributed by atoms with E-state index in [0.29, 0.717) is 28.4 Å². The highest BCUT2D eigenvalue weighted by Gasteiger charge is 2.19. The lowest BCUT2D eigenvalue weighted by Gasteiger charge is -2.03. The Morgan fingerprint density at radius 2 is 2.07 bits per heavy atom. The van der Waals surface area contributed by atoms with Gasteiger partial charge in [0.15, 0.2) is 0 Å². The van der Waals surface area contributed by atoms with E-state index in [-0.39, 0.29) is 11.6 Å². The van der Waals surface area contributed by atoms with Crippen LogP contribution in [0.15, 0.2) is 68.6 Å². The minimum Gasteiger partial charge on any atom is -0.497 e. The third kappa shape index (κ3) is 4.44. The second kappa shape index (κ2) is 8.49. The molecule has 0 spiro atoms. The van der Waals surface area contributed by atoms with Gasteiger partial charge in [-0.2, -0.15) is 5.10 Å². The van der Waals surface area contributed by atoms with Crippen molar-refractivity contribution < 1.29 is 18.9 Å². The molecule has 0 unspecified atom stereocenters. The van der Waals surface area contributed by atoms with Crippen molar-refractivity contribution in [3.05, 3.63) is 80.5 Å². The maximum atomic E-state index is 12.0. The fourth-order valence-electron chi connectivity index (χ4n) is 2.41. The molecule has 0 bridgehead atoms. The van der Waals surface area contributed by atoms with Crippen molar-refractivity contribution in [2.75, 3.05) is 7.11 Å². The summed E-state index contributed by atoms with van der Waals surface area (Å²) in [6.07, 6.45) is 1.31. The Kier molecular flexibility index (Phi) is 5.85. The largest absolute Gasteiger partial charge is 0.497 e. The zero-order valence-electron chi connectivity index (χ0n) is 14.6. The lowest BCUT2D eigenvalue weighted by Crippen LogP contribution is -2.17. The van der Waals surface area contributed by atoms with E-state index in [4.69, 9.17) is 9.15 Å². The van der Waals surface area contributed by atoms with Crippen LogP contribution in [-0.2, 0) is 0 Å². The summed E-state index contributed by atoms with van der Waals surface area (Å²) >= 11 is 3.30. The van der Waals surface area contributed by atoms with Crippen molar-refractivity contribution in [3.8, 4) is 17.1 Å². The summed E-state index contributed by atoms with van der Waals surface area (Å²) in [4.78, 5) is 22.8. The number of nitrogens with zero attached hydrogens (tertiary/aromatic N) is 2. The monoisotopic (exact) mass is 443 g/mol. The van der Waals surface area contributed by atoms with Gasteiger partial charge in [-0.1, -0.05) is 22.0 Å². The highest BCUT2D eigenvalue weighted by atomic mass is 79.9. The maximum absolute atomic E-state index is 12.0. The Bertz CT molecular complexity index is 1060. The van der Waals surface area contributed by atoms with Gasteiger partial charge in [-0.25, -0.2) is 5.43 Å². The first-order valence-electron chi connectivity index (χ1n) is 7.99. The van der Waals surface area contributed by atoms with E-state index >= 15 is 0 Å². The molecule has 28 heavy (non-hydrogen) atoms. The number of carbonyl (C=O) groups is 1. The van der Waals surface area contributed by atoms with E-state index < -0.39 is 4.92 Å². The highest BCUT2D eigenvalue weighted by Crippen LogP contribution is 2.33. The Morgan fingerprint density at radius 1 is 1.25 bits per heavy atom. The summed E-state index contributed by atoms with van der Waals surface area (Å²) in [7, 11) is 1.43. The summed E-state index contributed by atoms with van der Waals surface area (Å²) < 4.78 is 11.4. The lowest BCUT2D eigenvalue weighted by atomic mass is 10.1. The Hall–Kier alpha value is -3.46. The van der Waals surface area contributed by atoms with Gasteiger partial charge in [-0.3, -0.25) is 14.9 Å². The zero-order chi connectivity index (χ0) is 20.1. The summed E-state index contributed by atoms with van der Waals surface area (Å²) in [6, 6.07) is 14.5. The number of halogens is 1. The van der Waals surface area contributed by atoms with E-state index in [0.717, 1.165) is 4.47 Å². The highest BCUT2D eigenvalue weighted by molar-refractivity contribution is 9.10. The van der Waals surface area contributed by atoms with Gasteiger partial charge in [0.2, 0.25) is 0 Å². The first-order valence-corrected chi connectivity index (χ1v) is 8.79. The van der Waals surface area contributed by atoms with Crippen LogP contribution >= 0.6 is 15.9 Å². The minimum atomic E-state index is -0.508. The second-order valence-corrected chi connectivity index (χ2v) is 6.47. The summed E-state index contributed by atoms with van der Waals surface area (Å²) in [6.45, 7) is 0. The van der Waals surface area contributed by atoms with Crippen LogP contribution in [0.1, 0.15) is 16.1 Å². The van der Waals surface area contributed by atoms with Gasteiger partial charge in [-0.15, -0.1) is 0 Å². The minimum absolute atomic E-state index is 0.139. The van der Waals surface area contributed by atoms with Crippen LogP contribution < -0.4 is 10.2 Å². The van der Waals surface area contributed by atoms with Crippen molar-refractivity contribution in [1.29, 1.82) is 0 Å². The predicted octanol–water partition coefficient (Wildman–Crippen LogP) is 4.39. The first kappa shape index (κ1) is 19.3. The van der Waals surface area contributed by atoms with Gasteiger partial charge in [0.05, 0.1) is 29.9 Å². The summed E-state index contributed by atoms with van der Waals surface area (Å²) in [5.74, 6) is 0.623. The number of furan rings is 1. The van der Waals surface area contributed by atoms with Crippen molar-refractivity contribution in [2.24, 2.45) is 5.10 Å². The zero-order valence-corrected chi connectivity index (χ0v) is 16.2.